The van der Waals surface area contributed by atoms with Crippen molar-refractivity contribution in [2.45, 2.75) is 0 Å². The quantitative estimate of drug-likeness (QED) is 0.176. The molecule has 0 saturated heterocycles. The highest BCUT2D eigenvalue weighted by Gasteiger charge is 2.20. The third kappa shape index (κ3) is 4.40. The second-order valence-corrected chi connectivity index (χ2v) is 12.2. The van der Waals surface area contributed by atoms with Gasteiger partial charge in [0.05, 0.1) is 11.0 Å². The molecule has 9 aromatic carbocycles. The summed E-state index contributed by atoms with van der Waals surface area (Å²) in [6.45, 7) is 0. The third-order valence-electron chi connectivity index (χ3n) is 9.51. The van der Waals surface area contributed by atoms with E-state index in [2.05, 4.69) is 30.3 Å². The van der Waals surface area contributed by atoms with Gasteiger partial charge >= 0.3 is 0 Å². The molecule has 0 atom stereocenters. The van der Waals surface area contributed by atoms with Crippen LogP contribution in [0.4, 0.5) is 0 Å². The summed E-state index contributed by atoms with van der Waals surface area (Å²) >= 11 is 0. The molecule has 0 bridgehead atoms. The molecule has 0 aliphatic heterocycles. The number of hydrogen-bond acceptors (Lipinski definition) is 1. The van der Waals surface area contributed by atoms with Crippen LogP contribution < -0.4 is 0 Å². The van der Waals surface area contributed by atoms with Crippen LogP contribution in [0.5, 0.6) is 0 Å². The molecule has 1 aromatic heterocycles. The first-order chi connectivity index (χ1) is 27.6. The Labute approximate surface area is 295 Å². The number of para-hydroxylation sites is 1. The molecule has 1 heterocycles. The lowest BCUT2D eigenvalue weighted by Crippen LogP contribution is -1.92. The van der Waals surface area contributed by atoms with Crippen molar-refractivity contribution in [1.29, 1.82) is 0 Å². The normalized spacial score (nSPS) is 14.0. The van der Waals surface area contributed by atoms with Gasteiger partial charge in [-0.25, -0.2) is 0 Å². The zero-order valence-corrected chi connectivity index (χ0v) is 26.1. The first-order valence-electron chi connectivity index (χ1n) is 20.2. The zero-order chi connectivity index (χ0) is 39.3. The van der Waals surface area contributed by atoms with Crippen molar-refractivity contribution in [3.63, 3.8) is 0 Å². The summed E-state index contributed by atoms with van der Waals surface area (Å²) in [7, 11) is 0. The van der Waals surface area contributed by atoms with Gasteiger partial charge in [-0.2, -0.15) is 0 Å². The molecular weight excluding hydrogens is 593 g/mol. The monoisotopic (exact) mass is 630 g/mol. The lowest BCUT2D eigenvalue weighted by Gasteiger charge is -2.20. The van der Waals surface area contributed by atoms with E-state index in [-0.39, 0.29) is 45.7 Å². The number of benzene rings is 9. The molecule has 0 radical (unpaired) electrons. The average molecular weight is 631 g/mol. The predicted molar refractivity (Wildman–Crippen MR) is 208 cm³/mol. The van der Waals surface area contributed by atoms with Gasteiger partial charge in [0.2, 0.25) is 0 Å². The molecule has 10 aromatic rings. The van der Waals surface area contributed by atoms with Crippen LogP contribution in [-0.2, 0) is 0 Å². The standard InChI is InChI=1S/C48H30O/c1-2-13-31(14-3-1)32-15-12-16-33(29-32)35-26-27-43(37-18-5-4-17-36(35)37)48-41-22-8-6-20-39(41)47(40-21-7-9-23-42(40)48)34-25-28-46-44(30-34)38-19-10-11-24-45(38)49-46/h1-30H/i6D,7D,8D,9D,20D,21D,22D,23D. The van der Waals surface area contributed by atoms with E-state index in [1.807, 2.05) is 91.0 Å². The van der Waals surface area contributed by atoms with Gasteiger partial charge in [-0.15, -0.1) is 0 Å². The minimum Gasteiger partial charge on any atom is -0.456 e. The molecule has 0 aliphatic carbocycles. The Balaban J connectivity index is 1.36. The Morgan fingerprint density at radius 1 is 0.327 bits per heavy atom. The summed E-state index contributed by atoms with van der Waals surface area (Å²) in [5.41, 5.74) is 7.11. The van der Waals surface area contributed by atoms with Crippen LogP contribution in [0.15, 0.2) is 186 Å². The van der Waals surface area contributed by atoms with Gasteiger partial charge in [-0.1, -0.05) is 158 Å². The summed E-state index contributed by atoms with van der Waals surface area (Å²) in [4.78, 5) is 0. The maximum absolute atomic E-state index is 9.48. The second-order valence-electron chi connectivity index (χ2n) is 12.2. The van der Waals surface area contributed by atoms with Crippen LogP contribution in [-0.4, -0.2) is 0 Å². The third-order valence-corrected chi connectivity index (χ3v) is 9.51. The van der Waals surface area contributed by atoms with Crippen molar-refractivity contribution in [3.05, 3.63) is 182 Å². The van der Waals surface area contributed by atoms with Gasteiger partial charge in [0.25, 0.3) is 0 Å². The minimum absolute atomic E-state index is 0.171. The molecule has 10 rings (SSSR count). The van der Waals surface area contributed by atoms with Crippen LogP contribution in [0.25, 0.3) is 98.8 Å². The fourth-order valence-electron chi connectivity index (χ4n) is 7.33. The molecule has 228 valence electrons. The smallest absolute Gasteiger partial charge is 0.135 e. The molecular formula is C48H30O. The van der Waals surface area contributed by atoms with Gasteiger partial charge in [-0.3, -0.25) is 0 Å². The van der Waals surface area contributed by atoms with Gasteiger partial charge < -0.3 is 4.42 Å². The molecule has 1 nitrogen and oxygen atoms in total. The van der Waals surface area contributed by atoms with Crippen LogP contribution >= 0.6 is 0 Å². The summed E-state index contributed by atoms with van der Waals surface area (Å²) < 4.78 is 79.5. The van der Waals surface area contributed by atoms with Gasteiger partial charge in [-0.05, 0) is 101 Å². The Kier molecular flexibility index (Phi) is 4.69. The van der Waals surface area contributed by atoms with Crippen molar-refractivity contribution in [2.75, 3.05) is 0 Å². The second kappa shape index (κ2) is 11.1. The summed E-state index contributed by atoms with van der Waals surface area (Å²) in [5, 5.41) is 3.96. The number of rotatable bonds is 4. The van der Waals surface area contributed by atoms with Gasteiger partial charge in [0, 0.05) is 10.8 Å². The lowest BCUT2D eigenvalue weighted by molar-refractivity contribution is 0.669. The van der Waals surface area contributed by atoms with E-state index in [1.54, 1.807) is 12.1 Å². The average Bonchev–Trinajstić information content (AvgIpc) is 3.63. The zero-order valence-electron chi connectivity index (χ0n) is 34.1. The molecule has 0 saturated carbocycles. The van der Waals surface area contributed by atoms with Crippen molar-refractivity contribution in [2.24, 2.45) is 0 Å². The topological polar surface area (TPSA) is 13.1 Å². The maximum Gasteiger partial charge on any atom is 0.135 e. The predicted octanol–water partition coefficient (Wildman–Crippen LogP) is 13.7. The van der Waals surface area contributed by atoms with E-state index in [1.165, 1.54) is 0 Å². The highest BCUT2D eigenvalue weighted by molar-refractivity contribution is 6.24. The summed E-state index contributed by atoms with van der Waals surface area (Å²) in [6.07, 6.45) is 0. The Morgan fingerprint density at radius 2 is 0.878 bits per heavy atom. The van der Waals surface area contributed by atoms with Crippen LogP contribution in [0.2, 0.25) is 0 Å². The van der Waals surface area contributed by atoms with Gasteiger partial charge in [0.1, 0.15) is 11.2 Å². The fraction of sp³-hybridized carbons (Fsp3) is 0. The highest BCUT2D eigenvalue weighted by Crippen LogP contribution is 2.47. The highest BCUT2D eigenvalue weighted by atomic mass is 16.3. The van der Waals surface area contributed by atoms with E-state index in [4.69, 9.17) is 9.90 Å². The summed E-state index contributed by atoms with van der Waals surface area (Å²) in [5.74, 6) is 0. The molecule has 0 unspecified atom stereocenters. The van der Waals surface area contributed by atoms with E-state index in [9.17, 15) is 5.48 Å². The minimum atomic E-state index is -0.437. The molecule has 0 spiro atoms. The molecule has 0 N–H and O–H groups in total. The largest absolute Gasteiger partial charge is 0.456 e. The van der Waals surface area contributed by atoms with Crippen molar-refractivity contribution in [3.8, 4) is 44.5 Å². The molecule has 0 aliphatic rings. The fourth-order valence-corrected chi connectivity index (χ4v) is 7.33. The van der Waals surface area contributed by atoms with Gasteiger partial charge in [0.15, 0.2) is 0 Å². The molecule has 49 heavy (non-hydrogen) atoms. The Morgan fingerprint density at radius 3 is 1.61 bits per heavy atom. The number of fused-ring (bicyclic) bond motifs is 6. The van der Waals surface area contributed by atoms with Crippen LogP contribution in [0.1, 0.15) is 11.0 Å². The number of furan rings is 1. The van der Waals surface area contributed by atoms with Crippen molar-refractivity contribution < 1.29 is 15.4 Å². The lowest BCUT2D eigenvalue weighted by atomic mass is 9.83. The molecule has 1 heteroatoms. The molecule has 0 fully saturated rings. The first-order valence-corrected chi connectivity index (χ1v) is 16.2. The van der Waals surface area contributed by atoms with Crippen molar-refractivity contribution in [1.82, 2.24) is 0 Å². The SMILES string of the molecule is [2H]c1c([2H])c([2H])c2c(-c3ccc(-c4cccc(-c5ccccc5)c4)c4ccccc34)c3c([2H])c([2H])c([2H])c([2H])c3c(-c3ccc4oc5ccccc5c4c3)c2c1[2H]. The first kappa shape index (κ1) is 20.7. The number of hydrogen-bond donors (Lipinski definition) is 0. The van der Waals surface area contributed by atoms with Crippen molar-refractivity contribution >= 4 is 54.3 Å². The Hall–Kier alpha value is -6.44. The van der Waals surface area contributed by atoms with E-state index in [0.29, 0.717) is 33.4 Å². The Bertz CT molecular complexity index is 3250. The van der Waals surface area contributed by atoms with E-state index >= 15 is 0 Å². The molecule has 0 amide bonds. The van der Waals surface area contributed by atoms with Crippen LogP contribution in [0, 0.1) is 0 Å². The summed E-state index contributed by atoms with van der Waals surface area (Å²) in [6, 6.07) is 40.3. The van der Waals surface area contributed by atoms with E-state index < -0.39 is 24.2 Å². The van der Waals surface area contributed by atoms with Crippen LogP contribution in [0.3, 0.4) is 0 Å². The maximum atomic E-state index is 9.48. The van der Waals surface area contributed by atoms with E-state index in [0.717, 1.165) is 43.8 Å².